The monoisotopic (exact) mass is 193 g/mol. The van der Waals surface area contributed by atoms with E-state index < -0.39 is 0 Å². The number of rotatable bonds is 0. The fourth-order valence-electron chi connectivity index (χ4n) is 1.08. The summed E-state index contributed by atoms with van der Waals surface area (Å²) in [6.45, 7) is 0. The maximum absolute atomic E-state index is 11.1. The molecule has 1 heterocycles. The molecular weight excluding hydrogens is 186 g/mol. The van der Waals surface area contributed by atoms with Crippen molar-refractivity contribution >= 4 is 23.4 Å². The normalized spacial score (nSPS) is 15.4. The first-order chi connectivity index (χ1) is 6.25. The first kappa shape index (κ1) is 8.19. The van der Waals surface area contributed by atoms with Crippen molar-refractivity contribution in [2.24, 2.45) is 0 Å². The van der Waals surface area contributed by atoms with Crippen LogP contribution in [-0.2, 0) is 4.79 Å². The standard InChI is InChI=1S/C9H7NO2S/c11-8-5-9(12)13-7-4-2-1-3-6(7)10-8/h1-5,12H,(H,10,11). The summed E-state index contributed by atoms with van der Waals surface area (Å²) in [6.07, 6.45) is 1.17. The van der Waals surface area contributed by atoms with Crippen molar-refractivity contribution in [2.75, 3.05) is 5.32 Å². The van der Waals surface area contributed by atoms with Gasteiger partial charge in [-0.1, -0.05) is 23.9 Å². The van der Waals surface area contributed by atoms with E-state index in [0.717, 1.165) is 10.6 Å². The molecule has 2 rings (SSSR count). The zero-order valence-electron chi connectivity index (χ0n) is 6.65. The summed E-state index contributed by atoms with van der Waals surface area (Å²) < 4.78 is 0. The molecule has 66 valence electrons. The number of hydrogen-bond acceptors (Lipinski definition) is 3. The van der Waals surface area contributed by atoms with Gasteiger partial charge in [-0.25, -0.2) is 0 Å². The van der Waals surface area contributed by atoms with Crippen LogP contribution in [-0.4, -0.2) is 11.0 Å². The van der Waals surface area contributed by atoms with Crippen LogP contribution in [0.3, 0.4) is 0 Å². The third-order valence-electron chi connectivity index (χ3n) is 1.61. The van der Waals surface area contributed by atoms with Gasteiger partial charge in [0.25, 0.3) is 5.91 Å². The quantitative estimate of drug-likeness (QED) is 0.663. The molecule has 1 aromatic carbocycles. The number of amides is 1. The fraction of sp³-hybridized carbons (Fsp3) is 0. The number of benzene rings is 1. The van der Waals surface area contributed by atoms with Crippen LogP contribution < -0.4 is 5.32 Å². The SMILES string of the molecule is O=C1C=C(O)Sc2ccccc2N1. The van der Waals surface area contributed by atoms with Gasteiger partial charge in [0.2, 0.25) is 0 Å². The Hall–Kier alpha value is -1.42. The van der Waals surface area contributed by atoms with Crippen LogP contribution in [0.15, 0.2) is 40.3 Å². The molecule has 0 saturated carbocycles. The number of anilines is 1. The molecule has 0 saturated heterocycles. The van der Waals surface area contributed by atoms with Gasteiger partial charge in [0.15, 0.2) is 5.09 Å². The summed E-state index contributed by atoms with van der Waals surface area (Å²) in [5, 5.41) is 11.9. The summed E-state index contributed by atoms with van der Waals surface area (Å²) in [4.78, 5) is 11.9. The van der Waals surface area contributed by atoms with E-state index in [0.29, 0.717) is 0 Å². The largest absolute Gasteiger partial charge is 0.502 e. The highest BCUT2D eigenvalue weighted by molar-refractivity contribution is 8.03. The number of hydrogen-bond donors (Lipinski definition) is 2. The van der Waals surface area contributed by atoms with Gasteiger partial charge < -0.3 is 10.4 Å². The molecular formula is C9H7NO2S. The molecule has 3 nitrogen and oxygen atoms in total. The predicted octanol–water partition coefficient (Wildman–Crippen LogP) is 2.13. The first-order valence-electron chi connectivity index (χ1n) is 3.74. The van der Waals surface area contributed by atoms with Gasteiger partial charge in [-0.15, -0.1) is 0 Å². The third-order valence-corrected chi connectivity index (χ3v) is 2.52. The fourth-order valence-corrected chi connectivity index (χ4v) is 1.85. The summed E-state index contributed by atoms with van der Waals surface area (Å²) in [5.74, 6) is -0.296. The van der Waals surface area contributed by atoms with E-state index in [9.17, 15) is 9.90 Å². The average molecular weight is 193 g/mol. The molecule has 0 bridgehead atoms. The molecule has 0 spiro atoms. The van der Waals surface area contributed by atoms with Crippen LogP contribution in [0.1, 0.15) is 0 Å². The highest BCUT2D eigenvalue weighted by Crippen LogP contribution is 2.33. The Morgan fingerprint density at radius 2 is 2.08 bits per heavy atom. The van der Waals surface area contributed by atoms with Gasteiger partial charge >= 0.3 is 0 Å². The van der Waals surface area contributed by atoms with Gasteiger partial charge in [-0.3, -0.25) is 4.79 Å². The number of carbonyl (C=O) groups is 1. The molecule has 13 heavy (non-hydrogen) atoms. The Kier molecular flexibility index (Phi) is 1.98. The molecule has 1 aliphatic rings. The molecule has 0 unspecified atom stereocenters. The summed E-state index contributed by atoms with van der Waals surface area (Å²) in [5.41, 5.74) is 0.734. The van der Waals surface area contributed by atoms with Gasteiger partial charge in [0, 0.05) is 4.90 Å². The number of carbonyl (C=O) groups excluding carboxylic acids is 1. The van der Waals surface area contributed by atoms with Crippen molar-refractivity contribution in [3.8, 4) is 0 Å². The second-order valence-corrected chi connectivity index (χ2v) is 3.63. The minimum atomic E-state index is -0.296. The minimum Gasteiger partial charge on any atom is -0.502 e. The van der Waals surface area contributed by atoms with Crippen molar-refractivity contribution < 1.29 is 9.90 Å². The molecule has 1 amide bonds. The average Bonchev–Trinajstić information content (AvgIpc) is 2.20. The Labute approximate surface area is 79.5 Å². The van der Waals surface area contributed by atoms with Gasteiger partial charge in [0.1, 0.15) is 0 Å². The lowest BCUT2D eigenvalue weighted by Crippen LogP contribution is -2.07. The Morgan fingerprint density at radius 1 is 1.31 bits per heavy atom. The number of nitrogens with one attached hydrogen (secondary N) is 1. The van der Waals surface area contributed by atoms with Gasteiger partial charge in [0.05, 0.1) is 11.8 Å². The third kappa shape index (κ3) is 1.67. The van der Waals surface area contributed by atoms with E-state index in [2.05, 4.69) is 5.32 Å². The number of aliphatic hydroxyl groups is 1. The van der Waals surface area contributed by atoms with Crippen LogP contribution in [0.2, 0.25) is 0 Å². The molecule has 0 aliphatic carbocycles. The Bertz CT molecular complexity index is 387. The molecule has 4 heteroatoms. The van der Waals surface area contributed by atoms with Crippen LogP contribution >= 0.6 is 11.8 Å². The number of aliphatic hydroxyl groups excluding tert-OH is 1. The zero-order chi connectivity index (χ0) is 9.26. The highest BCUT2D eigenvalue weighted by atomic mass is 32.2. The smallest absolute Gasteiger partial charge is 0.252 e. The molecule has 0 fully saturated rings. The molecule has 1 aliphatic heterocycles. The number of thioether (sulfide) groups is 1. The minimum absolute atomic E-state index is 0.0162. The van der Waals surface area contributed by atoms with Gasteiger partial charge in [-0.05, 0) is 12.1 Å². The molecule has 1 aromatic rings. The van der Waals surface area contributed by atoms with Crippen molar-refractivity contribution in [2.45, 2.75) is 4.90 Å². The lowest BCUT2D eigenvalue weighted by Gasteiger charge is -2.03. The van der Waals surface area contributed by atoms with E-state index in [1.807, 2.05) is 18.2 Å². The Balaban J connectivity index is 2.46. The summed E-state index contributed by atoms with van der Waals surface area (Å²) in [6, 6.07) is 7.33. The van der Waals surface area contributed by atoms with Crippen molar-refractivity contribution in [3.63, 3.8) is 0 Å². The first-order valence-corrected chi connectivity index (χ1v) is 4.56. The van der Waals surface area contributed by atoms with E-state index in [4.69, 9.17) is 0 Å². The van der Waals surface area contributed by atoms with Crippen LogP contribution in [0, 0.1) is 0 Å². The lowest BCUT2D eigenvalue weighted by atomic mass is 10.3. The summed E-state index contributed by atoms with van der Waals surface area (Å²) in [7, 11) is 0. The van der Waals surface area contributed by atoms with Crippen LogP contribution in [0.4, 0.5) is 5.69 Å². The molecule has 0 aromatic heterocycles. The van der Waals surface area contributed by atoms with E-state index in [1.165, 1.54) is 17.8 Å². The van der Waals surface area contributed by atoms with E-state index in [1.54, 1.807) is 6.07 Å². The number of fused-ring (bicyclic) bond motifs is 1. The molecule has 2 N–H and O–H groups in total. The van der Waals surface area contributed by atoms with E-state index in [-0.39, 0.29) is 11.0 Å². The maximum atomic E-state index is 11.1. The van der Waals surface area contributed by atoms with Crippen LogP contribution in [0.25, 0.3) is 0 Å². The zero-order valence-corrected chi connectivity index (χ0v) is 7.47. The Morgan fingerprint density at radius 3 is 2.92 bits per heavy atom. The van der Waals surface area contributed by atoms with Crippen LogP contribution in [0.5, 0.6) is 0 Å². The second kappa shape index (κ2) is 3.14. The summed E-state index contributed by atoms with van der Waals surface area (Å²) >= 11 is 1.17. The lowest BCUT2D eigenvalue weighted by molar-refractivity contribution is -0.112. The van der Waals surface area contributed by atoms with Crippen molar-refractivity contribution in [1.82, 2.24) is 0 Å². The predicted molar refractivity (Wildman–Crippen MR) is 51.6 cm³/mol. The second-order valence-electron chi connectivity index (χ2n) is 2.57. The van der Waals surface area contributed by atoms with Crippen molar-refractivity contribution in [1.29, 1.82) is 0 Å². The van der Waals surface area contributed by atoms with Gasteiger partial charge in [-0.2, -0.15) is 0 Å². The topological polar surface area (TPSA) is 49.3 Å². The number of para-hydroxylation sites is 1. The van der Waals surface area contributed by atoms with E-state index >= 15 is 0 Å². The maximum Gasteiger partial charge on any atom is 0.252 e. The molecule has 0 atom stereocenters. The van der Waals surface area contributed by atoms with Crippen molar-refractivity contribution in [3.05, 3.63) is 35.4 Å². The molecule has 0 radical (unpaired) electrons. The highest BCUT2D eigenvalue weighted by Gasteiger charge is 2.12.